The molecule has 0 unspecified atom stereocenters. The Kier molecular flexibility index (Phi) is 6.83. The Balaban J connectivity index is 1.36. The summed E-state index contributed by atoms with van der Waals surface area (Å²) in [5.74, 6) is 1.52. The molecule has 156 valence electrons. The monoisotopic (exact) mass is 405 g/mol. The molecule has 30 heavy (non-hydrogen) atoms. The molecule has 4 rings (SSSR count). The summed E-state index contributed by atoms with van der Waals surface area (Å²) in [6.07, 6.45) is 5.44. The van der Waals surface area contributed by atoms with Crippen LogP contribution in [0.5, 0.6) is 5.75 Å². The van der Waals surface area contributed by atoms with Crippen LogP contribution in [-0.4, -0.2) is 32.1 Å². The predicted molar refractivity (Wildman–Crippen MR) is 116 cm³/mol. The van der Waals surface area contributed by atoms with E-state index in [2.05, 4.69) is 5.32 Å². The molecule has 0 saturated carbocycles. The number of piperidine rings is 1. The first-order valence-corrected chi connectivity index (χ1v) is 10.7. The molecule has 1 fully saturated rings. The van der Waals surface area contributed by atoms with Gasteiger partial charge in [0.25, 0.3) is 5.91 Å². The van der Waals surface area contributed by atoms with Crippen molar-refractivity contribution in [1.82, 2.24) is 5.32 Å². The summed E-state index contributed by atoms with van der Waals surface area (Å²) >= 11 is 0. The molecular formula is C25H29N2O3+. The number of likely N-dealkylation sites (tertiary alicyclic amines) is 1. The molecule has 1 saturated heterocycles. The molecule has 1 atom stereocenters. The third kappa shape index (κ3) is 5.10. The van der Waals surface area contributed by atoms with Crippen LogP contribution in [0.15, 0.2) is 77.4 Å². The van der Waals surface area contributed by atoms with Crippen LogP contribution >= 0.6 is 0 Å². The van der Waals surface area contributed by atoms with Crippen LogP contribution in [0.1, 0.15) is 31.1 Å². The van der Waals surface area contributed by atoms with Crippen LogP contribution < -0.4 is 15.0 Å². The molecule has 5 heteroatoms. The normalized spacial score (nSPS) is 15.5. The second-order valence-corrected chi connectivity index (χ2v) is 7.74. The molecule has 3 aromatic rings. The van der Waals surface area contributed by atoms with Gasteiger partial charge in [0.05, 0.1) is 25.9 Å². The topological polar surface area (TPSA) is 55.9 Å². The molecule has 0 bridgehead atoms. The number of ether oxygens (including phenoxy) is 1. The lowest BCUT2D eigenvalue weighted by molar-refractivity contribution is -0.936. The predicted octanol–water partition coefficient (Wildman–Crippen LogP) is 3.25. The number of quaternary nitrogens is 1. The highest BCUT2D eigenvalue weighted by Gasteiger charge is 2.28. The summed E-state index contributed by atoms with van der Waals surface area (Å²) in [6.45, 7) is 2.76. The zero-order valence-electron chi connectivity index (χ0n) is 17.2. The largest absolute Gasteiger partial charge is 0.483 e. The molecule has 0 radical (unpaired) electrons. The van der Waals surface area contributed by atoms with Gasteiger partial charge >= 0.3 is 0 Å². The molecule has 1 aliphatic heterocycles. The van der Waals surface area contributed by atoms with Gasteiger partial charge in [-0.25, -0.2) is 0 Å². The van der Waals surface area contributed by atoms with E-state index in [1.165, 1.54) is 24.2 Å². The van der Waals surface area contributed by atoms with Crippen LogP contribution in [0.25, 0.3) is 11.1 Å². The number of benzene rings is 2. The fourth-order valence-corrected chi connectivity index (χ4v) is 4.15. The van der Waals surface area contributed by atoms with Gasteiger partial charge in [0, 0.05) is 5.56 Å². The Labute approximate surface area is 177 Å². The van der Waals surface area contributed by atoms with Gasteiger partial charge in [0.1, 0.15) is 5.75 Å². The van der Waals surface area contributed by atoms with E-state index in [9.17, 15) is 4.79 Å². The van der Waals surface area contributed by atoms with E-state index in [-0.39, 0.29) is 18.6 Å². The maximum atomic E-state index is 12.5. The van der Waals surface area contributed by atoms with Gasteiger partial charge in [0.2, 0.25) is 0 Å². The summed E-state index contributed by atoms with van der Waals surface area (Å²) in [5.41, 5.74) is 2.05. The van der Waals surface area contributed by atoms with Crippen molar-refractivity contribution in [2.45, 2.75) is 25.3 Å². The molecule has 2 aromatic carbocycles. The van der Waals surface area contributed by atoms with Gasteiger partial charge < -0.3 is 19.4 Å². The fraction of sp³-hybridized carbons (Fsp3) is 0.320. The molecule has 2 N–H and O–H groups in total. The lowest BCUT2D eigenvalue weighted by atomic mass is 10.1. The van der Waals surface area contributed by atoms with E-state index >= 15 is 0 Å². The zero-order valence-corrected chi connectivity index (χ0v) is 17.2. The van der Waals surface area contributed by atoms with Crippen molar-refractivity contribution in [2.75, 3.05) is 26.2 Å². The Morgan fingerprint density at radius 1 is 0.967 bits per heavy atom. The van der Waals surface area contributed by atoms with Crippen molar-refractivity contribution in [2.24, 2.45) is 0 Å². The Hall–Kier alpha value is -3.05. The first kappa shape index (κ1) is 20.2. The van der Waals surface area contributed by atoms with Crippen LogP contribution in [0.4, 0.5) is 0 Å². The Morgan fingerprint density at radius 3 is 2.50 bits per heavy atom. The molecular weight excluding hydrogens is 376 g/mol. The third-order valence-electron chi connectivity index (χ3n) is 5.71. The van der Waals surface area contributed by atoms with Crippen molar-refractivity contribution >= 4 is 5.91 Å². The van der Waals surface area contributed by atoms with Crippen molar-refractivity contribution in [1.29, 1.82) is 0 Å². The third-order valence-corrected chi connectivity index (χ3v) is 5.71. The van der Waals surface area contributed by atoms with Gasteiger partial charge in [-0.2, -0.15) is 0 Å². The van der Waals surface area contributed by atoms with Crippen LogP contribution in [-0.2, 0) is 4.79 Å². The summed E-state index contributed by atoms with van der Waals surface area (Å²) in [5, 5.41) is 3.05. The maximum Gasteiger partial charge on any atom is 0.258 e. The van der Waals surface area contributed by atoms with Crippen molar-refractivity contribution in [3.8, 4) is 16.9 Å². The van der Waals surface area contributed by atoms with E-state index in [1.54, 1.807) is 6.26 Å². The number of rotatable bonds is 8. The van der Waals surface area contributed by atoms with Crippen LogP contribution in [0.2, 0.25) is 0 Å². The molecule has 0 aliphatic carbocycles. The highest BCUT2D eigenvalue weighted by molar-refractivity contribution is 5.78. The first-order valence-electron chi connectivity index (χ1n) is 10.7. The SMILES string of the molecule is O=C(COc1ccccc1-c1ccccc1)NC[C@@H](c1ccco1)[NH+]1CCCCC1. The van der Waals surface area contributed by atoms with E-state index in [0.29, 0.717) is 12.3 Å². The standard InChI is InChI=1S/C25H28N2O3/c28-25(19-30-23-13-6-5-12-21(23)20-10-3-1-4-11-20)26-18-22(24-14-9-17-29-24)27-15-7-2-8-16-27/h1,3-6,9-14,17,22H,2,7-8,15-16,18-19H2,(H,26,28)/p+1/t22-/m0/s1. The molecule has 5 nitrogen and oxygen atoms in total. The quantitative estimate of drug-likeness (QED) is 0.605. The van der Waals surface area contributed by atoms with Gasteiger partial charge in [-0.1, -0.05) is 48.5 Å². The second-order valence-electron chi connectivity index (χ2n) is 7.74. The van der Waals surface area contributed by atoms with Crippen molar-refractivity contribution in [3.63, 3.8) is 0 Å². The highest BCUT2D eigenvalue weighted by Crippen LogP contribution is 2.29. The van der Waals surface area contributed by atoms with E-state index in [0.717, 1.165) is 30.0 Å². The van der Waals surface area contributed by atoms with E-state index in [1.807, 2.05) is 66.7 Å². The van der Waals surface area contributed by atoms with E-state index in [4.69, 9.17) is 9.15 Å². The number of nitrogens with one attached hydrogen (secondary N) is 2. The lowest BCUT2D eigenvalue weighted by Gasteiger charge is -2.30. The average Bonchev–Trinajstić information content (AvgIpc) is 3.34. The van der Waals surface area contributed by atoms with Crippen LogP contribution in [0, 0.1) is 0 Å². The van der Waals surface area contributed by atoms with Gasteiger partial charge in [0.15, 0.2) is 18.4 Å². The molecule has 1 aliphatic rings. The minimum Gasteiger partial charge on any atom is -0.483 e. The number of hydrogen-bond acceptors (Lipinski definition) is 3. The van der Waals surface area contributed by atoms with Crippen LogP contribution in [0.3, 0.4) is 0 Å². The second kappa shape index (κ2) is 10.1. The number of carbonyl (C=O) groups excluding carboxylic acids is 1. The number of furan rings is 1. The Morgan fingerprint density at radius 2 is 1.73 bits per heavy atom. The number of carbonyl (C=O) groups is 1. The van der Waals surface area contributed by atoms with Crippen molar-refractivity contribution in [3.05, 3.63) is 78.8 Å². The minimum absolute atomic E-state index is 0.00987. The minimum atomic E-state index is -0.120. The highest BCUT2D eigenvalue weighted by atomic mass is 16.5. The van der Waals surface area contributed by atoms with Gasteiger partial charge in [-0.15, -0.1) is 0 Å². The molecule has 0 spiro atoms. The molecule has 2 heterocycles. The summed E-state index contributed by atoms with van der Waals surface area (Å²) in [4.78, 5) is 14.0. The zero-order chi connectivity index (χ0) is 20.6. The lowest BCUT2D eigenvalue weighted by Crippen LogP contribution is -3.13. The number of amides is 1. The summed E-state index contributed by atoms with van der Waals surface area (Å²) in [6, 6.07) is 21.9. The number of hydrogen-bond donors (Lipinski definition) is 2. The molecule has 1 amide bonds. The molecule has 1 aromatic heterocycles. The number of para-hydroxylation sites is 1. The van der Waals surface area contributed by atoms with Gasteiger partial charge in [-0.3, -0.25) is 4.79 Å². The maximum absolute atomic E-state index is 12.5. The summed E-state index contributed by atoms with van der Waals surface area (Å²) in [7, 11) is 0. The van der Waals surface area contributed by atoms with Crippen molar-refractivity contribution < 1.29 is 18.8 Å². The Bertz CT molecular complexity index is 919. The first-order chi connectivity index (χ1) is 14.8. The smallest absolute Gasteiger partial charge is 0.258 e. The van der Waals surface area contributed by atoms with Gasteiger partial charge in [-0.05, 0) is 43.0 Å². The van der Waals surface area contributed by atoms with E-state index < -0.39 is 0 Å². The fourth-order valence-electron chi connectivity index (χ4n) is 4.15. The summed E-state index contributed by atoms with van der Waals surface area (Å²) < 4.78 is 11.6. The average molecular weight is 406 g/mol.